The highest BCUT2D eigenvalue weighted by molar-refractivity contribution is 5.81. The monoisotopic (exact) mass is 309 g/mol. The molecule has 9 nitrogen and oxygen atoms in total. The lowest BCUT2D eigenvalue weighted by Crippen LogP contribution is -2.33. The Balaban J connectivity index is 2.13. The van der Waals surface area contributed by atoms with Gasteiger partial charge in [0.15, 0.2) is 23.2 Å². The van der Waals surface area contributed by atoms with E-state index >= 15 is 0 Å². The summed E-state index contributed by atoms with van der Waals surface area (Å²) in [6.07, 6.45) is -1.35. The lowest BCUT2D eigenvalue weighted by atomic mass is 10.1. The molecule has 3 rings (SSSR count). The maximum atomic E-state index is 10.2. The highest BCUT2D eigenvalue weighted by atomic mass is 16.6. The minimum atomic E-state index is -1.19. The van der Waals surface area contributed by atoms with Gasteiger partial charge in [0, 0.05) is 6.42 Å². The minimum Gasteiger partial charge on any atom is -0.394 e. The van der Waals surface area contributed by atoms with Gasteiger partial charge in [-0.3, -0.25) is 4.57 Å². The molecule has 0 bridgehead atoms. The molecule has 3 heterocycles. The molecule has 0 radical (unpaired) electrons. The summed E-state index contributed by atoms with van der Waals surface area (Å²) in [5.41, 5.74) is 6.70. The number of nitrogens with two attached hydrogens (primary N) is 1. The lowest BCUT2D eigenvalue weighted by Gasteiger charge is -2.19. The first-order valence-electron chi connectivity index (χ1n) is 7.18. The van der Waals surface area contributed by atoms with E-state index in [1.54, 1.807) is 4.57 Å². The number of aromatic nitrogens is 4. The van der Waals surface area contributed by atoms with E-state index in [0.717, 1.165) is 6.42 Å². The standard InChI is InChI=1S/C13H19N5O4/c1-2-3-7-17-8-11(14)15-5-16-12(8)18(7)13-10(21)9(20)6(4-19)22-13/h5-6,9-10,13,19-21H,2-4H2,1H3,(H2,14,15,16)/t6-,9?,10?,13-/m1/s1. The average Bonchev–Trinajstić information content (AvgIpc) is 3.00. The number of hydrogen-bond acceptors (Lipinski definition) is 8. The topological polar surface area (TPSA) is 140 Å². The third kappa shape index (κ3) is 2.22. The summed E-state index contributed by atoms with van der Waals surface area (Å²) in [4.78, 5) is 12.5. The van der Waals surface area contributed by atoms with Crippen molar-refractivity contribution >= 4 is 17.0 Å². The molecule has 2 unspecified atom stereocenters. The van der Waals surface area contributed by atoms with Crippen LogP contribution in [0.25, 0.3) is 11.2 Å². The van der Waals surface area contributed by atoms with Gasteiger partial charge in [0.2, 0.25) is 0 Å². The molecule has 0 amide bonds. The van der Waals surface area contributed by atoms with E-state index in [1.165, 1.54) is 6.33 Å². The molecule has 1 aliphatic rings. The quantitative estimate of drug-likeness (QED) is 0.562. The van der Waals surface area contributed by atoms with E-state index in [-0.39, 0.29) is 12.4 Å². The number of rotatable bonds is 4. The second-order valence-corrected chi connectivity index (χ2v) is 5.31. The zero-order valence-corrected chi connectivity index (χ0v) is 12.1. The zero-order chi connectivity index (χ0) is 15.9. The van der Waals surface area contributed by atoms with Gasteiger partial charge < -0.3 is 25.8 Å². The smallest absolute Gasteiger partial charge is 0.167 e. The van der Waals surface area contributed by atoms with Crippen molar-refractivity contribution in [1.29, 1.82) is 0 Å². The van der Waals surface area contributed by atoms with E-state index in [4.69, 9.17) is 10.5 Å². The number of aliphatic hydroxyl groups is 3. The number of aliphatic hydroxyl groups excluding tert-OH is 3. The molecule has 0 aliphatic carbocycles. The Hall–Kier alpha value is -1.81. The minimum absolute atomic E-state index is 0.243. The predicted octanol–water partition coefficient (Wildman–Crippen LogP) is -1.03. The molecular formula is C13H19N5O4. The van der Waals surface area contributed by atoms with Gasteiger partial charge in [-0.2, -0.15) is 0 Å². The molecule has 0 spiro atoms. The van der Waals surface area contributed by atoms with E-state index in [1.807, 2.05) is 6.92 Å². The summed E-state index contributed by atoms with van der Waals surface area (Å²) in [6, 6.07) is 0. The molecule has 9 heteroatoms. The van der Waals surface area contributed by atoms with Crippen LogP contribution in [0.15, 0.2) is 6.33 Å². The number of anilines is 1. The third-order valence-electron chi connectivity index (χ3n) is 3.82. The van der Waals surface area contributed by atoms with Crippen molar-refractivity contribution in [3.63, 3.8) is 0 Å². The van der Waals surface area contributed by atoms with Crippen LogP contribution in [-0.2, 0) is 11.2 Å². The fourth-order valence-electron chi connectivity index (χ4n) is 2.73. The Labute approximate surface area is 126 Å². The molecule has 4 atom stereocenters. The summed E-state index contributed by atoms with van der Waals surface area (Å²) in [7, 11) is 0. The number of ether oxygens (including phenoxy) is 1. The SMILES string of the molecule is CCCc1nc2c(N)ncnc2n1[C@@H]1O[C@H](CO)C(O)C1O. The second-order valence-electron chi connectivity index (χ2n) is 5.31. The van der Waals surface area contributed by atoms with Gasteiger partial charge >= 0.3 is 0 Å². The summed E-state index contributed by atoms with van der Waals surface area (Å²) in [6.45, 7) is 1.61. The first kappa shape index (κ1) is 15.1. The maximum Gasteiger partial charge on any atom is 0.167 e. The van der Waals surface area contributed by atoms with Crippen molar-refractivity contribution in [2.75, 3.05) is 12.3 Å². The normalized spacial score (nSPS) is 28.5. The fourth-order valence-corrected chi connectivity index (χ4v) is 2.73. The van der Waals surface area contributed by atoms with Crippen LogP contribution >= 0.6 is 0 Å². The molecule has 2 aromatic rings. The summed E-state index contributed by atoms with van der Waals surface area (Å²) in [5.74, 6) is 0.882. The van der Waals surface area contributed by atoms with E-state index < -0.39 is 24.5 Å². The molecule has 1 fully saturated rings. The fraction of sp³-hybridized carbons (Fsp3) is 0.615. The Morgan fingerprint density at radius 3 is 2.73 bits per heavy atom. The lowest BCUT2D eigenvalue weighted by molar-refractivity contribution is -0.0522. The van der Waals surface area contributed by atoms with Crippen LogP contribution in [0, 0.1) is 0 Å². The Bertz CT molecular complexity index is 676. The van der Waals surface area contributed by atoms with Crippen LogP contribution in [0.4, 0.5) is 5.82 Å². The first-order chi connectivity index (χ1) is 10.6. The Morgan fingerprint density at radius 2 is 2.09 bits per heavy atom. The van der Waals surface area contributed by atoms with Gasteiger partial charge in [-0.05, 0) is 6.42 Å². The van der Waals surface area contributed by atoms with Gasteiger partial charge in [0.1, 0.15) is 30.5 Å². The van der Waals surface area contributed by atoms with Crippen LogP contribution in [0.5, 0.6) is 0 Å². The molecule has 120 valence electrons. The van der Waals surface area contributed by atoms with Gasteiger partial charge in [0.05, 0.1) is 6.61 Å². The molecule has 5 N–H and O–H groups in total. The number of imidazole rings is 1. The van der Waals surface area contributed by atoms with Crippen LogP contribution in [0.3, 0.4) is 0 Å². The molecule has 1 aliphatic heterocycles. The molecule has 1 saturated heterocycles. The molecule has 22 heavy (non-hydrogen) atoms. The summed E-state index contributed by atoms with van der Waals surface area (Å²) >= 11 is 0. The third-order valence-corrected chi connectivity index (χ3v) is 3.82. The van der Waals surface area contributed by atoms with Crippen LogP contribution in [-0.4, -0.2) is 59.8 Å². The number of fused-ring (bicyclic) bond motifs is 1. The molecular weight excluding hydrogens is 290 g/mol. The second kappa shape index (κ2) is 5.76. The summed E-state index contributed by atoms with van der Waals surface area (Å²) < 4.78 is 7.21. The van der Waals surface area contributed by atoms with Gasteiger partial charge in [0.25, 0.3) is 0 Å². The van der Waals surface area contributed by atoms with Crippen LogP contribution < -0.4 is 5.73 Å². The number of nitrogens with zero attached hydrogens (tertiary/aromatic N) is 4. The van der Waals surface area contributed by atoms with Crippen LogP contribution in [0.2, 0.25) is 0 Å². The summed E-state index contributed by atoms with van der Waals surface area (Å²) in [5, 5.41) is 29.4. The van der Waals surface area contributed by atoms with Crippen molar-refractivity contribution in [2.24, 2.45) is 0 Å². The molecule has 0 saturated carbocycles. The molecule has 2 aromatic heterocycles. The highest BCUT2D eigenvalue weighted by Gasteiger charge is 2.44. The average molecular weight is 309 g/mol. The highest BCUT2D eigenvalue weighted by Crippen LogP contribution is 2.33. The van der Waals surface area contributed by atoms with Crippen LogP contribution in [0.1, 0.15) is 25.4 Å². The van der Waals surface area contributed by atoms with Gasteiger partial charge in [-0.15, -0.1) is 0 Å². The van der Waals surface area contributed by atoms with E-state index in [9.17, 15) is 15.3 Å². The first-order valence-corrected chi connectivity index (χ1v) is 7.18. The van der Waals surface area contributed by atoms with Gasteiger partial charge in [-0.25, -0.2) is 15.0 Å². The number of aryl methyl sites for hydroxylation is 1. The zero-order valence-electron chi connectivity index (χ0n) is 12.1. The van der Waals surface area contributed by atoms with Crippen molar-refractivity contribution < 1.29 is 20.1 Å². The molecule has 0 aromatic carbocycles. The predicted molar refractivity (Wildman–Crippen MR) is 76.7 cm³/mol. The van der Waals surface area contributed by atoms with Gasteiger partial charge in [-0.1, -0.05) is 6.92 Å². The maximum absolute atomic E-state index is 10.2. The number of nitrogen functional groups attached to an aromatic ring is 1. The van der Waals surface area contributed by atoms with E-state index in [2.05, 4.69) is 15.0 Å². The van der Waals surface area contributed by atoms with Crippen molar-refractivity contribution in [2.45, 2.75) is 44.3 Å². The largest absolute Gasteiger partial charge is 0.394 e. The van der Waals surface area contributed by atoms with Crippen molar-refractivity contribution in [1.82, 2.24) is 19.5 Å². The van der Waals surface area contributed by atoms with E-state index in [0.29, 0.717) is 23.4 Å². The number of hydrogen-bond donors (Lipinski definition) is 4. The Kier molecular flexibility index (Phi) is 3.96. The van der Waals surface area contributed by atoms with Crippen molar-refractivity contribution in [3.8, 4) is 0 Å². The van der Waals surface area contributed by atoms with Crippen molar-refractivity contribution in [3.05, 3.63) is 12.2 Å². The Morgan fingerprint density at radius 1 is 1.32 bits per heavy atom.